The molecule has 0 saturated heterocycles. The van der Waals surface area contributed by atoms with E-state index in [1.54, 1.807) is 0 Å². The molecule has 3 heteroatoms. The Labute approximate surface area is 164 Å². The van der Waals surface area contributed by atoms with E-state index in [1.807, 2.05) is 0 Å². The number of halogens is 2. The first-order chi connectivity index (χ1) is 11.7. The second-order valence-electron chi connectivity index (χ2n) is 5.97. The zero-order chi connectivity index (χ0) is 17.5. The molecule has 3 aromatic rings. The minimum absolute atomic E-state index is 0.826. The average molecular weight is 438 g/mol. The van der Waals surface area contributed by atoms with Crippen LogP contribution in [-0.4, -0.2) is 0 Å². The summed E-state index contributed by atoms with van der Waals surface area (Å²) in [7, 11) is 9.87. The van der Waals surface area contributed by atoms with E-state index in [1.165, 1.54) is 45.0 Å². The first kappa shape index (κ1) is 19.8. The van der Waals surface area contributed by atoms with E-state index >= 15 is 0 Å². The second kappa shape index (κ2) is 9.86. The number of benzene rings is 2. The fourth-order valence-electron chi connectivity index (χ4n) is 3.35. The molecule has 0 aliphatic heterocycles. The fraction of sp³-hybridized carbons (Fsp3) is 0.286. The van der Waals surface area contributed by atoms with E-state index in [2.05, 4.69) is 69.3 Å². The van der Waals surface area contributed by atoms with Gasteiger partial charge in [0.05, 0.1) is 0 Å². The molecule has 126 valence electrons. The Morgan fingerprint density at radius 3 is 2.38 bits per heavy atom. The number of fused-ring (bicyclic) bond motifs is 1. The van der Waals surface area contributed by atoms with E-state index in [0.717, 1.165) is 12.8 Å². The first-order valence-electron chi connectivity index (χ1n) is 8.39. The predicted octanol–water partition coefficient (Wildman–Crippen LogP) is 7.43. The summed E-state index contributed by atoms with van der Waals surface area (Å²) in [5.74, 6) is 0. The molecule has 3 aromatic carbocycles. The topological polar surface area (TPSA) is 0 Å². The van der Waals surface area contributed by atoms with Crippen LogP contribution in [0.2, 0.25) is 0 Å². The van der Waals surface area contributed by atoms with E-state index in [4.69, 9.17) is 17.0 Å². The molecular weight excluding hydrogens is 414 g/mol. The van der Waals surface area contributed by atoms with Gasteiger partial charge in [0.25, 0.3) is 0 Å². The molecule has 0 nitrogen and oxygen atoms in total. The molecule has 0 spiro atoms. The normalized spacial score (nSPS) is 10.4. The van der Waals surface area contributed by atoms with Crippen LogP contribution in [0.25, 0.3) is 21.9 Å². The van der Waals surface area contributed by atoms with Gasteiger partial charge in [-0.3, -0.25) is 0 Å². The van der Waals surface area contributed by atoms with Gasteiger partial charge < -0.3 is 0 Å². The fourth-order valence-corrected chi connectivity index (χ4v) is 3.35. The van der Waals surface area contributed by atoms with Crippen LogP contribution in [0.1, 0.15) is 37.0 Å². The molecule has 0 N–H and O–H groups in total. The van der Waals surface area contributed by atoms with E-state index in [-0.39, 0.29) is 0 Å². The Morgan fingerprint density at radius 1 is 1.00 bits per heavy atom. The molecule has 0 amide bonds. The van der Waals surface area contributed by atoms with Gasteiger partial charge in [-0.25, -0.2) is 0 Å². The van der Waals surface area contributed by atoms with Crippen molar-refractivity contribution < 1.29 is 20.8 Å². The molecule has 0 heterocycles. The number of aryl methyl sites for hydroxylation is 3. The van der Waals surface area contributed by atoms with Crippen molar-refractivity contribution in [3.05, 3.63) is 65.2 Å². The zero-order valence-electron chi connectivity index (χ0n) is 14.5. The summed E-state index contributed by atoms with van der Waals surface area (Å²) in [6.45, 7) is 6.69. The standard InChI is InChI=1S/C21H23.2ClH.Zr/c1-4-8-17-11-12-18-13-15(3)14-20(18)21(17)19-10-7-6-9-16(19)5-2;;;/h6-7,9-14H,4-5,8H2,1-3H3;2*1H;/q-1;;;+2/p-2. The van der Waals surface area contributed by atoms with Crippen molar-refractivity contribution in [2.75, 3.05) is 0 Å². The molecule has 24 heavy (non-hydrogen) atoms. The summed E-state index contributed by atoms with van der Waals surface area (Å²) in [6.07, 6.45) is 3.41. The Morgan fingerprint density at radius 2 is 1.71 bits per heavy atom. The molecule has 0 bridgehead atoms. The van der Waals surface area contributed by atoms with Crippen molar-refractivity contribution in [2.24, 2.45) is 0 Å². The van der Waals surface area contributed by atoms with Gasteiger partial charge in [0.15, 0.2) is 0 Å². The predicted molar refractivity (Wildman–Crippen MR) is 105 cm³/mol. The van der Waals surface area contributed by atoms with Crippen LogP contribution in [0.15, 0.2) is 48.5 Å². The maximum atomic E-state index is 4.93. The van der Waals surface area contributed by atoms with Crippen molar-refractivity contribution in [1.82, 2.24) is 0 Å². The SMILES string of the molecule is CCCc1ccc2[cH-]c(C)cc2c1-c1ccccc1CC.[Cl][Zr][Cl]. The Hall–Kier alpha value is -0.487. The van der Waals surface area contributed by atoms with Gasteiger partial charge in [0.1, 0.15) is 0 Å². The summed E-state index contributed by atoms with van der Waals surface area (Å²) in [5.41, 5.74) is 7.16. The number of hydrogen-bond acceptors (Lipinski definition) is 0. The molecule has 0 atom stereocenters. The monoisotopic (exact) mass is 435 g/mol. The van der Waals surface area contributed by atoms with Crippen molar-refractivity contribution >= 4 is 27.8 Å². The van der Waals surface area contributed by atoms with Crippen LogP contribution in [0.3, 0.4) is 0 Å². The number of rotatable bonds is 4. The maximum absolute atomic E-state index is 4.93. The van der Waals surface area contributed by atoms with Gasteiger partial charge in [-0.15, -0.1) is 34.5 Å². The van der Waals surface area contributed by atoms with Crippen LogP contribution < -0.4 is 0 Å². The van der Waals surface area contributed by atoms with Crippen molar-refractivity contribution in [3.8, 4) is 11.1 Å². The minimum atomic E-state index is -0.826. The molecule has 0 saturated carbocycles. The zero-order valence-corrected chi connectivity index (χ0v) is 18.5. The molecule has 0 aliphatic carbocycles. The van der Waals surface area contributed by atoms with Crippen LogP contribution in [0.4, 0.5) is 0 Å². The molecule has 0 radical (unpaired) electrons. The van der Waals surface area contributed by atoms with Crippen LogP contribution >= 0.6 is 17.0 Å². The van der Waals surface area contributed by atoms with Gasteiger partial charge in [0.2, 0.25) is 0 Å². The van der Waals surface area contributed by atoms with Crippen LogP contribution in [0, 0.1) is 6.92 Å². The summed E-state index contributed by atoms with van der Waals surface area (Å²) < 4.78 is 0. The van der Waals surface area contributed by atoms with Gasteiger partial charge >= 0.3 is 37.9 Å². The molecule has 0 aromatic heterocycles. The van der Waals surface area contributed by atoms with Crippen molar-refractivity contribution in [2.45, 2.75) is 40.0 Å². The summed E-state index contributed by atoms with van der Waals surface area (Å²) in [4.78, 5) is 0. The van der Waals surface area contributed by atoms with Crippen molar-refractivity contribution in [3.63, 3.8) is 0 Å². The van der Waals surface area contributed by atoms with Crippen LogP contribution in [0.5, 0.6) is 0 Å². The first-order valence-corrected chi connectivity index (χ1v) is 14.7. The molecule has 0 aliphatic rings. The van der Waals surface area contributed by atoms with Gasteiger partial charge in [-0.1, -0.05) is 62.6 Å². The van der Waals surface area contributed by atoms with Crippen LogP contribution in [-0.2, 0) is 33.7 Å². The molecule has 3 rings (SSSR count). The van der Waals surface area contributed by atoms with Gasteiger partial charge in [-0.05, 0) is 24.0 Å². The van der Waals surface area contributed by atoms with Crippen molar-refractivity contribution in [1.29, 1.82) is 0 Å². The summed E-state index contributed by atoms with van der Waals surface area (Å²) in [5, 5.41) is 2.78. The van der Waals surface area contributed by atoms with Gasteiger partial charge in [0, 0.05) is 0 Å². The van der Waals surface area contributed by atoms with Gasteiger partial charge in [-0.2, -0.15) is 6.07 Å². The second-order valence-corrected chi connectivity index (χ2v) is 9.70. The third-order valence-electron chi connectivity index (χ3n) is 4.31. The molecular formula is C21H23Cl2Zr-. The quantitative estimate of drug-likeness (QED) is 0.373. The summed E-state index contributed by atoms with van der Waals surface area (Å²) >= 11 is -0.826. The Bertz CT molecular complexity index is 790. The third-order valence-corrected chi connectivity index (χ3v) is 4.31. The Kier molecular flexibility index (Phi) is 8.15. The van der Waals surface area contributed by atoms with E-state index < -0.39 is 20.8 Å². The van der Waals surface area contributed by atoms with E-state index in [9.17, 15) is 0 Å². The molecule has 0 fully saturated rings. The molecule has 0 unspecified atom stereocenters. The Balaban J connectivity index is 0.000000647. The number of hydrogen-bond donors (Lipinski definition) is 0. The van der Waals surface area contributed by atoms with E-state index in [0.29, 0.717) is 0 Å². The average Bonchev–Trinajstić information content (AvgIpc) is 2.96. The summed E-state index contributed by atoms with van der Waals surface area (Å²) in [6, 6.07) is 18.1. The third kappa shape index (κ3) is 4.57.